The van der Waals surface area contributed by atoms with Crippen molar-refractivity contribution in [3.63, 3.8) is 0 Å². The molecular weight excluding hydrogens is 390 g/mol. The summed E-state index contributed by atoms with van der Waals surface area (Å²) in [7, 11) is 0. The van der Waals surface area contributed by atoms with E-state index in [1.165, 1.54) is 6.42 Å². The molecule has 1 atom stereocenters. The van der Waals surface area contributed by atoms with E-state index in [0.29, 0.717) is 12.6 Å². The number of hydrogen-bond acceptors (Lipinski definition) is 3. The number of nitrogens with zero attached hydrogens (tertiary/aromatic N) is 1. The van der Waals surface area contributed by atoms with Crippen molar-refractivity contribution in [1.82, 2.24) is 4.90 Å². The van der Waals surface area contributed by atoms with Gasteiger partial charge < -0.3 is 16.0 Å². The van der Waals surface area contributed by atoms with Crippen LogP contribution in [0.4, 0.5) is 23.2 Å². The minimum Gasteiger partial charge on any atom is -0.376 e. The highest BCUT2D eigenvalue weighted by atomic mass is 19.4. The summed E-state index contributed by atoms with van der Waals surface area (Å²) in [5.74, 6) is -1.19. The zero-order valence-corrected chi connectivity index (χ0v) is 17.8. The molecule has 5 nitrogen and oxygen atoms in total. The van der Waals surface area contributed by atoms with Crippen LogP contribution in [0, 0.1) is 5.82 Å². The first-order chi connectivity index (χ1) is 13.6. The van der Waals surface area contributed by atoms with Gasteiger partial charge >= 0.3 is 6.18 Å². The normalized spacial score (nSPS) is 14.9. The van der Waals surface area contributed by atoms with Gasteiger partial charge in [0.15, 0.2) is 0 Å². The van der Waals surface area contributed by atoms with Crippen molar-refractivity contribution in [2.24, 2.45) is 5.73 Å². The Morgan fingerprint density at radius 3 is 2.21 bits per heavy atom. The van der Waals surface area contributed by atoms with E-state index in [1.807, 2.05) is 20.8 Å². The van der Waals surface area contributed by atoms with Crippen LogP contribution in [0.1, 0.15) is 59.4 Å². The zero-order valence-electron chi connectivity index (χ0n) is 17.8. The molecule has 0 bridgehead atoms. The second-order valence-electron chi connectivity index (χ2n) is 6.00. The molecule has 1 heterocycles. The minimum absolute atomic E-state index is 0.0532. The summed E-state index contributed by atoms with van der Waals surface area (Å²) in [6.07, 6.45) is -1.28. The zero-order chi connectivity index (χ0) is 23.0. The van der Waals surface area contributed by atoms with Crippen LogP contribution in [0.25, 0.3) is 0 Å². The lowest BCUT2D eigenvalue weighted by molar-refractivity contribution is -0.137. The lowest BCUT2D eigenvalue weighted by Crippen LogP contribution is -2.37. The molecule has 1 saturated heterocycles. The molecule has 0 aliphatic carbocycles. The van der Waals surface area contributed by atoms with E-state index in [4.69, 9.17) is 4.79 Å². The number of carbonyl (C=O) groups is 2. The molecule has 0 radical (unpaired) electrons. The molecule has 29 heavy (non-hydrogen) atoms. The van der Waals surface area contributed by atoms with Gasteiger partial charge in [-0.05, 0) is 38.0 Å². The molecule has 0 saturated carbocycles. The number of anilines is 1. The first-order valence-electron chi connectivity index (χ1n) is 9.67. The Kier molecular flexibility index (Phi) is 15.5. The molecule has 1 aromatic rings. The number of nitrogens with two attached hydrogens (primary N) is 1. The van der Waals surface area contributed by atoms with Gasteiger partial charge in [0.05, 0.1) is 12.1 Å². The van der Waals surface area contributed by atoms with E-state index >= 15 is 0 Å². The van der Waals surface area contributed by atoms with Crippen molar-refractivity contribution >= 4 is 18.0 Å². The summed E-state index contributed by atoms with van der Waals surface area (Å²) in [5.41, 5.74) is 3.04. The average Bonchev–Trinajstić information content (AvgIpc) is 3.08. The minimum atomic E-state index is -4.62. The molecule has 1 aromatic carbocycles. The Hall–Kier alpha value is -2.32. The third kappa shape index (κ3) is 12.0. The summed E-state index contributed by atoms with van der Waals surface area (Å²) in [5, 5.41) is 2.56. The predicted molar refractivity (Wildman–Crippen MR) is 108 cm³/mol. The maximum absolute atomic E-state index is 13.2. The third-order valence-electron chi connectivity index (χ3n) is 3.54. The number of alkyl halides is 3. The van der Waals surface area contributed by atoms with Crippen LogP contribution in [-0.4, -0.2) is 36.3 Å². The Labute approximate surface area is 170 Å². The number of halogens is 4. The van der Waals surface area contributed by atoms with E-state index in [1.54, 1.807) is 4.90 Å². The van der Waals surface area contributed by atoms with Crippen molar-refractivity contribution in [2.75, 3.05) is 18.4 Å². The fourth-order valence-electron chi connectivity index (χ4n) is 2.44. The molecular formula is C20H33F4N3O2. The Balaban J connectivity index is 0. The number of likely N-dealkylation sites (tertiary alicyclic amines) is 1. The van der Waals surface area contributed by atoms with Gasteiger partial charge in [-0.2, -0.15) is 13.2 Å². The van der Waals surface area contributed by atoms with Crippen molar-refractivity contribution < 1.29 is 27.2 Å². The fourth-order valence-corrected chi connectivity index (χ4v) is 2.44. The molecule has 1 aliphatic heterocycles. The Morgan fingerprint density at radius 2 is 1.79 bits per heavy atom. The van der Waals surface area contributed by atoms with E-state index in [9.17, 15) is 22.4 Å². The van der Waals surface area contributed by atoms with Crippen LogP contribution in [0.3, 0.4) is 0 Å². The SMILES string of the molecule is CC.CCC.C[C@@H]1CCCN1C(=O)CNc1cc(F)cc(C(F)(F)F)c1.NC=O. The number of amides is 2. The molecule has 0 unspecified atom stereocenters. The highest BCUT2D eigenvalue weighted by Gasteiger charge is 2.31. The summed E-state index contributed by atoms with van der Waals surface area (Å²) in [6.45, 7) is 10.7. The van der Waals surface area contributed by atoms with Gasteiger partial charge in [-0.15, -0.1) is 0 Å². The Bertz CT molecular complexity index is 596. The van der Waals surface area contributed by atoms with Crippen LogP contribution < -0.4 is 11.1 Å². The topological polar surface area (TPSA) is 75.4 Å². The number of rotatable bonds is 3. The maximum atomic E-state index is 13.2. The van der Waals surface area contributed by atoms with Gasteiger partial charge in [-0.25, -0.2) is 4.39 Å². The van der Waals surface area contributed by atoms with E-state index < -0.39 is 17.6 Å². The van der Waals surface area contributed by atoms with Gasteiger partial charge in [0, 0.05) is 18.3 Å². The van der Waals surface area contributed by atoms with Crippen LogP contribution in [0.15, 0.2) is 18.2 Å². The second-order valence-corrected chi connectivity index (χ2v) is 6.00. The smallest absolute Gasteiger partial charge is 0.376 e. The summed E-state index contributed by atoms with van der Waals surface area (Å²) >= 11 is 0. The molecule has 2 rings (SSSR count). The average molecular weight is 423 g/mol. The van der Waals surface area contributed by atoms with Crippen LogP contribution >= 0.6 is 0 Å². The van der Waals surface area contributed by atoms with Crippen molar-refractivity contribution in [1.29, 1.82) is 0 Å². The molecule has 2 amide bonds. The number of primary amides is 1. The molecule has 9 heteroatoms. The monoisotopic (exact) mass is 423 g/mol. The van der Waals surface area contributed by atoms with Crippen LogP contribution in [-0.2, 0) is 15.8 Å². The lowest BCUT2D eigenvalue weighted by Gasteiger charge is -2.22. The highest BCUT2D eigenvalue weighted by Crippen LogP contribution is 2.31. The summed E-state index contributed by atoms with van der Waals surface area (Å²) < 4.78 is 50.9. The number of hydrogen-bond donors (Lipinski definition) is 2. The quantitative estimate of drug-likeness (QED) is 0.541. The molecule has 1 aliphatic rings. The second kappa shape index (κ2) is 15.6. The van der Waals surface area contributed by atoms with E-state index in [-0.39, 0.29) is 30.6 Å². The lowest BCUT2D eigenvalue weighted by atomic mass is 10.2. The molecule has 0 spiro atoms. The van der Waals surface area contributed by atoms with Crippen LogP contribution in [0.5, 0.6) is 0 Å². The number of benzene rings is 1. The first-order valence-corrected chi connectivity index (χ1v) is 9.67. The molecule has 0 aromatic heterocycles. The van der Waals surface area contributed by atoms with Gasteiger partial charge in [0.25, 0.3) is 0 Å². The maximum Gasteiger partial charge on any atom is 0.416 e. The van der Waals surface area contributed by atoms with Gasteiger partial charge in [-0.3, -0.25) is 9.59 Å². The number of nitrogens with one attached hydrogen (secondary N) is 1. The highest BCUT2D eigenvalue weighted by molar-refractivity contribution is 5.81. The fraction of sp³-hybridized carbons (Fsp3) is 0.600. The molecule has 168 valence electrons. The standard InChI is InChI=1S/C14H16F4N2O.C3H8.C2H6.CH3NO/c1-9-3-2-4-20(9)13(21)8-19-12-6-10(14(16,17)18)5-11(15)7-12;1-3-2;1-2;2-1-3/h5-7,9,19H,2-4,8H2,1H3;3H2,1-2H3;1-2H3;1H,(H2,2,3)/t9-;;;/m1.../s1. The van der Waals surface area contributed by atoms with Gasteiger partial charge in [0.2, 0.25) is 12.3 Å². The summed E-state index contributed by atoms with van der Waals surface area (Å²) in [6, 6.07) is 2.30. The Morgan fingerprint density at radius 1 is 1.28 bits per heavy atom. The van der Waals surface area contributed by atoms with Crippen molar-refractivity contribution in [3.05, 3.63) is 29.6 Å². The van der Waals surface area contributed by atoms with Crippen molar-refractivity contribution in [3.8, 4) is 0 Å². The van der Waals surface area contributed by atoms with Gasteiger partial charge in [0.1, 0.15) is 5.82 Å². The van der Waals surface area contributed by atoms with E-state index in [0.717, 1.165) is 25.0 Å². The van der Waals surface area contributed by atoms with Crippen molar-refractivity contribution in [2.45, 2.75) is 66.1 Å². The molecule has 1 fully saturated rings. The third-order valence-corrected chi connectivity index (χ3v) is 3.54. The first kappa shape index (κ1) is 28.9. The van der Waals surface area contributed by atoms with Gasteiger partial charge in [-0.1, -0.05) is 34.1 Å². The predicted octanol–water partition coefficient (Wildman–Crippen LogP) is 4.81. The van der Waals surface area contributed by atoms with Crippen LogP contribution in [0.2, 0.25) is 0 Å². The number of carbonyl (C=O) groups excluding carboxylic acids is 2. The largest absolute Gasteiger partial charge is 0.416 e. The van der Waals surface area contributed by atoms with E-state index in [2.05, 4.69) is 24.9 Å². The summed E-state index contributed by atoms with van der Waals surface area (Å²) in [4.78, 5) is 22.2. The molecule has 3 N–H and O–H groups in total.